The Morgan fingerprint density at radius 2 is 1.74 bits per heavy atom. The molecule has 6 nitrogen and oxygen atoms in total. The number of nitrogens with zero attached hydrogens (tertiary/aromatic N) is 4. The minimum absolute atomic E-state index is 0.0143. The zero-order chi connectivity index (χ0) is 23.0. The van der Waals surface area contributed by atoms with Gasteiger partial charge in [-0.3, -0.25) is 10.3 Å². The first-order valence-corrected chi connectivity index (χ1v) is 9.84. The van der Waals surface area contributed by atoms with Gasteiger partial charge in [-0.15, -0.1) is 0 Å². The SMILES string of the molecule is CC(=NC(=NC1CC(F)(F)C1)NC(C)NC1CC(F)(F)C1)c1cncc(C(C)(F)F)n1. The molecule has 2 fully saturated rings. The molecule has 3 rings (SSSR count). The van der Waals surface area contributed by atoms with Gasteiger partial charge in [-0.1, -0.05) is 0 Å². The number of halogens is 6. The van der Waals surface area contributed by atoms with Crippen LogP contribution in [-0.2, 0) is 5.92 Å². The van der Waals surface area contributed by atoms with Gasteiger partial charge in [-0.25, -0.2) is 32.5 Å². The maximum atomic E-state index is 13.5. The van der Waals surface area contributed by atoms with Crippen molar-refractivity contribution in [1.29, 1.82) is 0 Å². The summed E-state index contributed by atoms with van der Waals surface area (Å²) in [6.07, 6.45) is 0.213. The lowest BCUT2D eigenvalue weighted by Gasteiger charge is -2.37. The van der Waals surface area contributed by atoms with Crippen molar-refractivity contribution in [3.8, 4) is 0 Å². The van der Waals surface area contributed by atoms with Crippen molar-refractivity contribution in [2.75, 3.05) is 0 Å². The predicted molar refractivity (Wildman–Crippen MR) is 103 cm³/mol. The van der Waals surface area contributed by atoms with E-state index in [9.17, 15) is 26.3 Å². The lowest BCUT2D eigenvalue weighted by atomic mass is 9.88. The highest BCUT2D eigenvalue weighted by Gasteiger charge is 2.46. The van der Waals surface area contributed by atoms with Crippen molar-refractivity contribution in [3.05, 3.63) is 23.8 Å². The lowest BCUT2D eigenvalue weighted by Crippen LogP contribution is -2.55. The molecule has 0 radical (unpaired) electrons. The molecule has 2 aliphatic carbocycles. The number of nitrogens with one attached hydrogen (secondary N) is 2. The van der Waals surface area contributed by atoms with Crippen LogP contribution in [0.1, 0.15) is 57.8 Å². The fraction of sp³-hybridized carbons (Fsp3) is 0.684. The first-order chi connectivity index (χ1) is 14.2. The molecule has 2 N–H and O–H groups in total. The summed E-state index contributed by atoms with van der Waals surface area (Å²) in [7, 11) is 0. The van der Waals surface area contributed by atoms with Gasteiger partial charge >= 0.3 is 0 Å². The Morgan fingerprint density at radius 3 is 2.29 bits per heavy atom. The van der Waals surface area contributed by atoms with Gasteiger partial charge in [0.2, 0.25) is 5.96 Å². The largest absolute Gasteiger partial charge is 0.339 e. The first-order valence-electron chi connectivity index (χ1n) is 9.84. The molecule has 0 saturated heterocycles. The van der Waals surface area contributed by atoms with Crippen molar-refractivity contribution in [3.63, 3.8) is 0 Å². The number of guanidine groups is 1. The van der Waals surface area contributed by atoms with Crippen LogP contribution >= 0.6 is 0 Å². The summed E-state index contributed by atoms with van der Waals surface area (Å²) >= 11 is 0. The topological polar surface area (TPSA) is 74.6 Å². The Balaban J connectivity index is 1.75. The number of aliphatic imine (C=N–C) groups is 2. The Hall–Kier alpha value is -2.24. The van der Waals surface area contributed by atoms with E-state index >= 15 is 0 Å². The standard InChI is InChI=1S/C19H24F6N6/c1-10(14-8-26-9-15(31-14)17(3,20)21)27-16(30-13-6-19(24,25)7-13)29-11(2)28-12-4-18(22,23)5-12/h8-9,11-13,28H,4-7H2,1-3H3,(H,29,30). The second kappa shape index (κ2) is 8.36. The molecular weight excluding hydrogens is 426 g/mol. The average molecular weight is 450 g/mol. The Labute approximate surface area is 175 Å². The third kappa shape index (κ3) is 6.37. The van der Waals surface area contributed by atoms with Gasteiger partial charge in [0, 0.05) is 38.6 Å². The fourth-order valence-electron chi connectivity index (χ4n) is 3.33. The van der Waals surface area contributed by atoms with Crippen molar-refractivity contribution >= 4 is 11.7 Å². The molecule has 1 aromatic rings. The van der Waals surface area contributed by atoms with Gasteiger partial charge in [0.1, 0.15) is 11.4 Å². The van der Waals surface area contributed by atoms with Gasteiger partial charge < -0.3 is 5.32 Å². The van der Waals surface area contributed by atoms with E-state index < -0.39 is 54.6 Å². The molecule has 1 aromatic heterocycles. The third-order valence-electron chi connectivity index (χ3n) is 5.02. The maximum absolute atomic E-state index is 13.5. The van der Waals surface area contributed by atoms with Crippen LogP contribution in [0.25, 0.3) is 0 Å². The zero-order valence-electron chi connectivity index (χ0n) is 17.3. The lowest BCUT2D eigenvalue weighted by molar-refractivity contribution is -0.0946. The van der Waals surface area contributed by atoms with Gasteiger partial charge in [-0.2, -0.15) is 8.78 Å². The molecule has 2 saturated carbocycles. The molecule has 0 aliphatic heterocycles. The molecular formula is C19H24F6N6. The minimum Gasteiger partial charge on any atom is -0.339 e. The molecule has 0 aromatic carbocycles. The van der Waals surface area contributed by atoms with Crippen LogP contribution in [0.5, 0.6) is 0 Å². The number of hydrogen-bond donors (Lipinski definition) is 2. The first kappa shape index (κ1) is 23.4. The number of aromatic nitrogens is 2. The highest BCUT2D eigenvalue weighted by Crippen LogP contribution is 2.39. The summed E-state index contributed by atoms with van der Waals surface area (Å²) in [6, 6.07) is -1.06. The molecule has 0 bridgehead atoms. The Kier molecular flexibility index (Phi) is 6.32. The molecule has 1 unspecified atom stereocenters. The van der Waals surface area contributed by atoms with Crippen molar-refractivity contribution in [2.24, 2.45) is 9.98 Å². The van der Waals surface area contributed by atoms with E-state index in [0.717, 1.165) is 6.20 Å². The summed E-state index contributed by atoms with van der Waals surface area (Å²) < 4.78 is 79.5. The van der Waals surface area contributed by atoms with E-state index in [0.29, 0.717) is 6.92 Å². The van der Waals surface area contributed by atoms with Crippen LogP contribution in [0.15, 0.2) is 22.4 Å². The molecule has 1 heterocycles. The normalized spacial score (nSPS) is 23.1. The zero-order valence-corrected chi connectivity index (χ0v) is 17.3. The summed E-state index contributed by atoms with van der Waals surface area (Å²) in [6.45, 7) is 3.85. The molecule has 172 valence electrons. The highest BCUT2D eigenvalue weighted by molar-refractivity contribution is 6.04. The molecule has 2 aliphatic rings. The summed E-state index contributed by atoms with van der Waals surface area (Å²) in [5.41, 5.74) is -0.268. The summed E-state index contributed by atoms with van der Waals surface area (Å²) in [5, 5.41) is 5.83. The maximum Gasteiger partial charge on any atom is 0.288 e. The van der Waals surface area contributed by atoms with E-state index in [4.69, 9.17) is 0 Å². The van der Waals surface area contributed by atoms with Crippen LogP contribution < -0.4 is 10.6 Å². The smallest absolute Gasteiger partial charge is 0.288 e. The second-order valence-corrected chi connectivity index (χ2v) is 8.24. The van der Waals surface area contributed by atoms with Gasteiger partial charge in [-0.05, 0) is 13.8 Å². The van der Waals surface area contributed by atoms with E-state index in [2.05, 4.69) is 30.6 Å². The minimum atomic E-state index is -3.20. The van der Waals surface area contributed by atoms with E-state index in [-0.39, 0.29) is 30.2 Å². The van der Waals surface area contributed by atoms with Gasteiger partial charge in [0.15, 0.2) is 0 Å². The predicted octanol–water partition coefficient (Wildman–Crippen LogP) is 3.87. The van der Waals surface area contributed by atoms with Gasteiger partial charge in [0.05, 0.1) is 30.3 Å². The van der Waals surface area contributed by atoms with Crippen molar-refractivity contribution < 1.29 is 26.3 Å². The van der Waals surface area contributed by atoms with Crippen LogP contribution in [0.4, 0.5) is 26.3 Å². The quantitative estimate of drug-likeness (QED) is 0.299. The number of rotatable bonds is 6. The third-order valence-corrected chi connectivity index (χ3v) is 5.02. The Morgan fingerprint density at radius 1 is 1.13 bits per heavy atom. The van der Waals surface area contributed by atoms with E-state index in [1.54, 1.807) is 6.92 Å². The highest BCUT2D eigenvalue weighted by atomic mass is 19.3. The van der Waals surface area contributed by atoms with E-state index in [1.165, 1.54) is 13.1 Å². The molecule has 12 heteroatoms. The summed E-state index contributed by atoms with van der Waals surface area (Å²) in [4.78, 5) is 16.0. The van der Waals surface area contributed by atoms with Crippen LogP contribution in [0, 0.1) is 0 Å². The molecule has 1 atom stereocenters. The van der Waals surface area contributed by atoms with Crippen LogP contribution in [-0.4, -0.2) is 51.7 Å². The monoisotopic (exact) mass is 450 g/mol. The van der Waals surface area contributed by atoms with Crippen molar-refractivity contribution in [1.82, 2.24) is 20.6 Å². The summed E-state index contributed by atoms with van der Waals surface area (Å²) in [5.74, 6) is -8.68. The molecule has 0 amide bonds. The van der Waals surface area contributed by atoms with E-state index in [1.807, 2.05) is 0 Å². The molecule has 0 spiro atoms. The Bertz CT molecular complexity index is 850. The van der Waals surface area contributed by atoms with Gasteiger partial charge in [0.25, 0.3) is 17.8 Å². The van der Waals surface area contributed by atoms with Crippen molar-refractivity contribution in [2.45, 2.75) is 82.5 Å². The number of alkyl halides is 6. The molecule has 31 heavy (non-hydrogen) atoms. The fourth-order valence-corrected chi connectivity index (χ4v) is 3.33. The van der Waals surface area contributed by atoms with Crippen LogP contribution in [0.2, 0.25) is 0 Å². The average Bonchev–Trinajstić information content (AvgIpc) is 2.57. The second-order valence-electron chi connectivity index (χ2n) is 8.24. The van der Waals surface area contributed by atoms with Crippen LogP contribution in [0.3, 0.4) is 0 Å². The number of hydrogen-bond acceptors (Lipinski definition) is 4.